The molecule has 6 heterocycles. The van der Waals surface area contributed by atoms with E-state index in [1.807, 2.05) is 32.2 Å². The fourth-order valence-corrected chi connectivity index (χ4v) is 9.61. The average molecular weight is 842 g/mol. The summed E-state index contributed by atoms with van der Waals surface area (Å²) < 4.78 is 14.2. The van der Waals surface area contributed by atoms with Crippen molar-refractivity contribution in [3.63, 3.8) is 0 Å². The number of hydrogen-bond acceptors (Lipinski definition) is 11. The maximum atomic E-state index is 14.5. The van der Waals surface area contributed by atoms with Gasteiger partial charge in [0.05, 0.1) is 34.8 Å². The van der Waals surface area contributed by atoms with Gasteiger partial charge in [-0.05, 0) is 68.9 Å². The zero-order valence-electron chi connectivity index (χ0n) is 36.0. The van der Waals surface area contributed by atoms with Gasteiger partial charge in [0.25, 0.3) is 5.91 Å². The van der Waals surface area contributed by atoms with E-state index in [4.69, 9.17) is 25.2 Å². The third kappa shape index (κ3) is 8.65. The number of aryl methyl sites for hydroxylation is 1. The molecule has 2 saturated heterocycles. The quantitative estimate of drug-likeness (QED) is 0.207. The van der Waals surface area contributed by atoms with E-state index in [2.05, 4.69) is 60.3 Å². The molecule has 4 N–H and O–H groups in total. The number of nitrogens with zero attached hydrogens (tertiary/aromatic N) is 6. The smallest absolute Gasteiger partial charge is 0.324 e. The number of pyridine rings is 1. The number of hydrazine groups is 1. The van der Waals surface area contributed by atoms with Crippen LogP contribution in [0.15, 0.2) is 41.9 Å². The third-order valence-corrected chi connectivity index (χ3v) is 12.8. The molecule has 6 bridgehead atoms. The minimum Gasteiger partial charge on any atom is -0.464 e. The lowest BCUT2D eigenvalue weighted by Crippen LogP contribution is -2.64. The van der Waals surface area contributed by atoms with Crippen LogP contribution in [-0.2, 0) is 43.2 Å². The number of benzene rings is 1. The second kappa shape index (κ2) is 17.6. The van der Waals surface area contributed by atoms with Gasteiger partial charge in [0.1, 0.15) is 18.1 Å². The van der Waals surface area contributed by atoms with E-state index >= 15 is 0 Å². The van der Waals surface area contributed by atoms with Gasteiger partial charge < -0.3 is 34.9 Å². The Morgan fingerprint density at radius 2 is 1.95 bits per heavy atom. The third-order valence-electron chi connectivity index (χ3n) is 12.0. The molecule has 0 saturated carbocycles. The van der Waals surface area contributed by atoms with Gasteiger partial charge in [-0.2, -0.15) is 0 Å². The standard InChI is InChI=1S/C44H59N9O6S/c1-9-52-35-15-14-27-18-30(35)31(39(52)29-12-10-16-46-37(29)26(4)58-8)20-44(5,6)24-59-42(56)32-13-11-17-53(49-32)41(55)33(19-36-47-34(27)23-60-36)48-40(54)38(25(2)3)50(7)43(57)51-21-28(45)22-51/h10,12,14-16,18,23,25-26,28,32-33,38,49H,9,11,13,17,19-22,24,45H2,1-8H3,(H,48,54)/t26-,32-,33-,38-/m0/s1. The van der Waals surface area contributed by atoms with Crippen molar-refractivity contribution < 1.29 is 28.7 Å². The van der Waals surface area contributed by atoms with Crippen LogP contribution in [0.1, 0.15) is 76.8 Å². The monoisotopic (exact) mass is 841 g/mol. The van der Waals surface area contributed by atoms with Gasteiger partial charge in [0.2, 0.25) is 5.91 Å². The lowest BCUT2D eigenvalue weighted by Gasteiger charge is -2.42. The predicted octanol–water partition coefficient (Wildman–Crippen LogP) is 4.92. The van der Waals surface area contributed by atoms with E-state index < -0.39 is 41.3 Å². The Morgan fingerprint density at radius 3 is 2.65 bits per heavy atom. The topological polar surface area (TPSA) is 177 Å². The number of hydrogen-bond donors (Lipinski definition) is 3. The molecule has 3 aromatic heterocycles. The molecule has 0 spiro atoms. The van der Waals surface area contributed by atoms with Crippen LogP contribution in [-0.4, -0.2) is 118 Å². The molecule has 0 radical (unpaired) electrons. The zero-order valence-corrected chi connectivity index (χ0v) is 36.8. The van der Waals surface area contributed by atoms with Gasteiger partial charge in [-0.15, -0.1) is 11.3 Å². The Bertz CT molecular complexity index is 2250. The van der Waals surface area contributed by atoms with Crippen molar-refractivity contribution >= 4 is 46.1 Å². The molecule has 60 heavy (non-hydrogen) atoms. The minimum atomic E-state index is -1.04. The summed E-state index contributed by atoms with van der Waals surface area (Å²) in [6, 6.07) is 7.38. The molecule has 4 atom stereocenters. The highest BCUT2D eigenvalue weighted by molar-refractivity contribution is 7.10. The molecule has 322 valence electrons. The van der Waals surface area contributed by atoms with Gasteiger partial charge in [-0.25, -0.2) is 15.2 Å². The van der Waals surface area contributed by atoms with Crippen LogP contribution in [0.2, 0.25) is 0 Å². The summed E-state index contributed by atoms with van der Waals surface area (Å²) in [5.41, 5.74) is 15.3. The summed E-state index contributed by atoms with van der Waals surface area (Å²) in [4.78, 5) is 68.7. The molecule has 0 aliphatic carbocycles. The van der Waals surface area contributed by atoms with E-state index in [-0.39, 0.29) is 37.1 Å². The maximum absolute atomic E-state index is 14.5. The number of nitrogens with two attached hydrogens (primary N) is 1. The molecule has 16 heteroatoms. The number of fused-ring (bicyclic) bond motifs is 6. The predicted molar refractivity (Wildman–Crippen MR) is 231 cm³/mol. The Morgan fingerprint density at radius 1 is 1.18 bits per heavy atom. The highest BCUT2D eigenvalue weighted by Crippen LogP contribution is 2.42. The van der Waals surface area contributed by atoms with Crippen LogP contribution >= 0.6 is 11.3 Å². The van der Waals surface area contributed by atoms with E-state index in [1.165, 1.54) is 21.2 Å². The highest BCUT2D eigenvalue weighted by atomic mass is 32.1. The fraction of sp³-hybridized carbons (Fsp3) is 0.545. The number of cyclic esters (lactones) is 1. The van der Waals surface area contributed by atoms with Crippen LogP contribution in [0, 0.1) is 11.3 Å². The Kier molecular flexibility index (Phi) is 12.7. The molecule has 3 aliphatic rings. The number of carbonyl (C=O) groups excluding carboxylic acids is 4. The SMILES string of the molecule is CCn1c(-c2cccnc2[C@H](C)OC)c2c3cc(ccc31)-c1csc(n1)C[C@H](NC(=O)[C@H](C(C)C)N(C)C(=O)N1CC(N)C1)C(=O)N1CCC[C@H](N1)C(=O)OCC(C)(C)C2. The van der Waals surface area contributed by atoms with E-state index in [9.17, 15) is 19.2 Å². The number of methoxy groups -OCH3 is 1. The summed E-state index contributed by atoms with van der Waals surface area (Å²) in [5, 5.41) is 8.13. The Hall–Kier alpha value is -4.90. The molecule has 2 fully saturated rings. The zero-order chi connectivity index (χ0) is 43.0. The Balaban J connectivity index is 1.30. The van der Waals surface area contributed by atoms with Crippen molar-refractivity contribution in [2.24, 2.45) is 17.1 Å². The van der Waals surface area contributed by atoms with Gasteiger partial charge in [0.15, 0.2) is 0 Å². The number of nitrogens with one attached hydrogen (secondary N) is 2. The molecule has 4 aromatic rings. The van der Waals surface area contributed by atoms with Crippen molar-refractivity contribution in [3.05, 3.63) is 58.2 Å². The van der Waals surface area contributed by atoms with Crippen LogP contribution in [0.4, 0.5) is 4.79 Å². The maximum Gasteiger partial charge on any atom is 0.324 e. The largest absolute Gasteiger partial charge is 0.464 e. The van der Waals surface area contributed by atoms with Gasteiger partial charge in [-0.3, -0.25) is 24.4 Å². The number of aromatic nitrogens is 3. The highest BCUT2D eigenvalue weighted by Gasteiger charge is 2.40. The molecule has 4 amide bonds. The number of ether oxygens (including phenoxy) is 2. The number of likely N-dealkylation sites (tertiary alicyclic amines) is 1. The first-order valence-corrected chi connectivity index (χ1v) is 21.9. The number of amides is 4. The molecule has 3 aliphatic heterocycles. The van der Waals surface area contributed by atoms with Crippen molar-refractivity contribution in [1.29, 1.82) is 0 Å². The molecule has 15 nitrogen and oxygen atoms in total. The minimum absolute atomic E-state index is 0.0878. The summed E-state index contributed by atoms with van der Waals surface area (Å²) in [6.45, 7) is 14.1. The number of thiazole rings is 1. The first-order chi connectivity index (χ1) is 28.6. The van der Waals surface area contributed by atoms with Gasteiger partial charge in [0, 0.05) is 91.8 Å². The number of urea groups is 1. The fourth-order valence-electron chi connectivity index (χ4n) is 8.76. The van der Waals surface area contributed by atoms with Crippen LogP contribution in [0.5, 0.6) is 0 Å². The molecule has 0 unspecified atom stereocenters. The normalized spacial score (nSPS) is 21.0. The van der Waals surface area contributed by atoms with Crippen molar-refractivity contribution in [2.45, 2.75) is 104 Å². The number of rotatable bonds is 8. The molecular formula is C44H59N9O6S. The van der Waals surface area contributed by atoms with Crippen LogP contribution in [0.3, 0.4) is 0 Å². The second-order valence-corrected chi connectivity index (χ2v) is 18.5. The lowest BCUT2D eigenvalue weighted by atomic mass is 9.84. The molecular weight excluding hydrogens is 783 g/mol. The first kappa shape index (κ1) is 43.2. The number of esters is 1. The van der Waals surface area contributed by atoms with Crippen molar-refractivity contribution in [2.75, 3.05) is 40.4 Å². The number of carbonyl (C=O) groups is 4. The van der Waals surface area contributed by atoms with Crippen molar-refractivity contribution in [1.82, 2.24) is 40.1 Å². The van der Waals surface area contributed by atoms with Gasteiger partial charge >= 0.3 is 12.0 Å². The summed E-state index contributed by atoms with van der Waals surface area (Å²) in [6.07, 6.45) is 3.28. The molecule has 7 rings (SSSR count). The lowest BCUT2D eigenvalue weighted by molar-refractivity contribution is -0.155. The first-order valence-electron chi connectivity index (χ1n) is 21.0. The summed E-state index contributed by atoms with van der Waals surface area (Å²) in [5.74, 6) is -1.56. The van der Waals surface area contributed by atoms with Crippen molar-refractivity contribution in [3.8, 4) is 22.5 Å². The second-order valence-electron chi connectivity index (χ2n) is 17.5. The van der Waals surface area contributed by atoms with Crippen LogP contribution in [0.25, 0.3) is 33.4 Å². The van der Waals surface area contributed by atoms with E-state index in [1.54, 1.807) is 25.3 Å². The average Bonchev–Trinajstić information content (AvgIpc) is 3.81. The summed E-state index contributed by atoms with van der Waals surface area (Å²) >= 11 is 1.42. The Labute approximate surface area is 355 Å². The van der Waals surface area contributed by atoms with E-state index in [0.29, 0.717) is 50.4 Å². The van der Waals surface area contributed by atoms with Gasteiger partial charge in [-0.1, -0.05) is 33.8 Å². The van der Waals surface area contributed by atoms with E-state index in [0.717, 1.165) is 44.7 Å². The molecule has 1 aromatic carbocycles. The number of likely N-dealkylation sites (N-methyl/N-ethyl adjacent to an activating group) is 1. The summed E-state index contributed by atoms with van der Waals surface area (Å²) in [7, 11) is 3.29. The van der Waals surface area contributed by atoms with Crippen LogP contribution < -0.4 is 16.5 Å².